The Morgan fingerprint density at radius 2 is 1.44 bits per heavy atom. The summed E-state index contributed by atoms with van der Waals surface area (Å²) >= 11 is 1.59. The molecule has 4 rings (SSSR count). The van der Waals surface area contributed by atoms with Crippen molar-refractivity contribution < 1.29 is 24.7 Å². The Hall–Kier alpha value is -1.46. The molecule has 0 nitrogen and oxygen atoms in total. The normalized spacial score (nSPS) is 17.2. The average Bonchev–Trinajstić information content (AvgIpc) is 2.85. The third-order valence-corrected chi connectivity index (χ3v) is 6.84. The van der Waals surface area contributed by atoms with E-state index in [0.717, 1.165) is 0 Å². The summed E-state index contributed by atoms with van der Waals surface area (Å²) in [5.41, 5.74) is 9.07. The molecule has 0 aromatic heterocycles. The molecule has 0 saturated heterocycles. The van der Waals surface area contributed by atoms with Crippen LogP contribution >= 0.6 is 0 Å². The Bertz CT molecular complexity index is 997. The van der Waals surface area contributed by atoms with Crippen molar-refractivity contribution in [1.29, 1.82) is 0 Å². The van der Waals surface area contributed by atoms with Crippen molar-refractivity contribution in [2.24, 2.45) is 5.41 Å². The minimum atomic E-state index is 0.216. The van der Waals surface area contributed by atoms with Crippen LogP contribution in [0.5, 0.6) is 0 Å². The van der Waals surface area contributed by atoms with Crippen molar-refractivity contribution in [3.05, 3.63) is 77.4 Å². The van der Waals surface area contributed by atoms with Gasteiger partial charge < -0.3 is 0 Å². The zero-order chi connectivity index (χ0) is 17.8. The van der Waals surface area contributed by atoms with Gasteiger partial charge in [-0.1, -0.05) is 0 Å². The van der Waals surface area contributed by atoms with Gasteiger partial charge >= 0.3 is 166 Å². The summed E-state index contributed by atoms with van der Waals surface area (Å²) in [7, 11) is 0. The van der Waals surface area contributed by atoms with Crippen LogP contribution in [0.4, 0.5) is 0 Å². The van der Waals surface area contributed by atoms with E-state index in [1.165, 1.54) is 38.6 Å². The van der Waals surface area contributed by atoms with Gasteiger partial charge in [0.2, 0.25) is 0 Å². The standard InChI is InChI=1S/C24H23.Zr/c1-16-22(24(2,3)4)15-18-11-8-14-21(23(16)18)20-13-7-10-17-9-5-6-12-19(17)20;/h5-15H,1-4H3;. The second-order valence-electron chi connectivity index (χ2n) is 8.02. The molecule has 0 saturated carbocycles. The topological polar surface area (TPSA) is 0 Å². The zero-order valence-corrected chi connectivity index (χ0v) is 17.8. The number of benzene rings is 3. The molecule has 3 aromatic carbocycles. The molecule has 1 aliphatic rings. The van der Waals surface area contributed by atoms with Crippen molar-refractivity contribution in [1.82, 2.24) is 0 Å². The Morgan fingerprint density at radius 3 is 2.20 bits per heavy atom. The van der Waals surface area contributed by atoms with Gasteiger partial charge in [0.05, 0.1) is 0 Å². The molecule has 0 heterocycles. The molecule has 3 aromatic rings. The Kier molecular flexibility index (Phi) is 4.12. The van der Waals surface area contributed by atoms with E-state index in [1.54, 1.807) is 30.3 Å². The van der Waals surface area contributed by atoms with E-state index in [0.29, 0.717) is 3.63 Å². The van der Waals surface area contributed by atoms with E-state index in [1.807, 2.05) is 0 Å². The minimum absolute atomic E-state index is 0.216. The van der Waals surface area contributed by atoms with Crippen LogP contribution in [0, 0.1) is 5.41 Å². The number of allylic oxidation sites excluding steroid dienone is 2. The summed E-state index contributed by atoms with van der Waals surface area (Å²) in [5.74, 6) is 0. The van der Waals surface area contributed by atoms with Gasteiger partial charge in [0.1, 0.15) is 0 Å². The van der Waals surface area contributed by atoms with E-state index < -0.39 is 0 Å². The van der Waals surface area contributed by atoms with Crippen LogP contribution in [0.1, 0.15) is 42.4 Å². The fourth-order valence-electron chi connectivity index (χ4n) is 4.42. The first-order valence-corrected chi connectivity index (χ1v) is 10.4. The van der Waals surface area contributed by atoms with Crippen LogP contribution in [0.25, 0.3) is 27.5 Å². The molecule has 123 valence electrons. The summed E-state index contributed by atoms with van der Waals surface area (Å²) in [5, 5.41) is 2.66. The Labute approximate surface area is 165 Å². The van der Waals surface area contributed by atoms with Crippen molar-refractivity contribution in [3.63, 3.8) is 0 Å². The van der Waals surface area contributed by atoms with Crippen LogP contribution in [-0.4, -0.2) is 0 Å². The number of hydrogen-bond acceptors (Lipinski definition) is 0. The van der Waals surface area contributed by atoms with Gasteiger partial charge in [0.15, 0.2) is 0 Å². The molecule has 0 aliphatic heterocycles. The van der Waals surface area contributed by atoms with E-state index in [9.17, 15) is 0 Å². The summed E-state index contributed by atoms with van der Waals surface area (Å²) < 4.78 is 0.581. The van der Waals surface area contributed by atoms with Gasteiger partial charge in [0, 0.05) is 0 Å². The van der Waals surface area contributed by atoms with Crippen molar-refractivity contribution in [2.45, 2.75) is 31.3 Å². The molecule has 25 heavy (non-hydrogen) atoms. The Balaban J connectivity index is 2.04. The first-order valence-electron chi connectivity index (χ1n) is 8.93. The molecule has 0 N–H and O–H groups in total. The predicted octanol–water partition coefficient (Wildman–Crippen LogP) is 6.93. The molecule has 0 radical (unpaired) electrons. The van der Waals surface area contributed by atoms with Crippen molar-refractivity contribution in [3.8, 4) is 11.1 Å². The molecule has 1 heteroatoms. The summed E-state index contributed by atoms with van der Waals surface area (Å²) in [6.07, 6.45) is 0. The van der Waals surface area contributed by atoms with E-state index in [4.69, 9.17) is 0 Å². The van der Waals surface area contributed by atoms with Crippen molar-refractivity contribution >= 4 is 16.3 Å². The Morgan fingerprint density at radius 1 is 0.800 bits per heavy atom. The third kappa shape index (κ3) is 2.68. The summed E-state index contributed by atoms with van der Waals surface area (Å²) in [6.45, 7) is 9.39. The molecule has 0 bridgehead atoms. The van der Waals surface area contributed by atoms with Gasteiger partial charge in [-0.2, -0.15) is 0 Å². The molecule has 1 aliphatic carbocycles. The molecule has 1 unspecified atom stereocenters. The fourth-order valence-corrected chi connectivity index (χ4v) is 6.60. The van der Waals surface area contributed by atoms with E-state index in [-0.39, 0.29) is 5.41 Å². The van der Waals surface area contributed by atoms with Crippen LogP contribution < -0.4 is 0 Å². The molecule has 0 amide bonds. The average molecular weight is 403 g/mol. The van der Waals surface area contributed by atoms with Gasteiger partial charge in [-0.15, -0.1) is 0 Å². The number of hydrogen-bond donors (Lipinski definition) is 0. The molecular formula is C24H23Zr. The maximum absolute atomic E-state index is 2.35. The second-order valence-corrected chi connectivity index (χ2v) is 9.44. The van der Waals surface area contributed by atoms with Gasteiger partial charge in [-0.05, 0) is 0 Å². The monoisotopic (exact) mass is 401 g/mol. The summed E-state index contributed by atoms with van der Waals surface area (Å²) in [4.78, 5) is 0. The second kappa shape index (κ2) is 6.06. The first-order chi connectivity index (χ1) is 11.9. The molecule has 0 fully saturated rings. The van der Waals surface area contributed by atoms with Crippen molar-refractivity contribution in [2.75, 3.05) is 0 Å². The fraction of sp³-hybridized carbons (Fsp3) is 0.250. The van der Waals surface area contributed by atoms with E-state index >= 15 is 0 Å². The maximum atomic E-state index is 2.35. The summed E-state index contributed by atoms with van der Waals surface area (Å²) in [6, 6.07) is 22.3. The van der Waals surface area contributed by atoms with Crippen LogP contribution in [0.2, 0.25) is 0 Å². The number of rotatable bonds is 1. The quantitative estimate of drug-likeness (QED) is 0.414. The predicted molar refractivity (Wildman–Crippen MR) is 104 cm³/mol. The molecule has 0 spiro atoms. The number of fused-ring (bicyclic) bond motifs is 2. The first kappa shape index (κ1) is 17.0. The van der Waals surface area contributed by atoms with Crippen LogP contribution in [0.15, 0.2) is 66.2 Å². The van der Waals surface area contributed by atoms with Gasteiger partial charge in [-0.25, -0.2) is 0 Å². The van der Waals surface area contributed by atoms with Gasteiger partial charge in [-0.3, -0.25) is 0 Å². The van der Waals surface area contributed by atoms with E-state index in [2.05, 4.69) is 88.4 Å². The SMILES string of the molecule is CC1=C(C(C)(C)C)[CH]([Zr])c2cccc(-c3cccc4ccccc34)c21. The van der Waals surface area contributed by atoms with Crippen LogP contribution in [0.3, 0.4) is 0 Å². The third-order valence-electron chi connectivity index (χ3n) is 5.36. The van der Waals surface area contributed by atoms with Crippen LogP contribution in [-0.2, 0) is 24.7 Å². The van der Waals surface area contributed by atoms with Gasteiger partial charge in [0.25, 0.3) is 0 Å². The molecular weight excluding hydrogens is 379 g/mol. The zero-order valence-electron chi connectivity index (χ0n) is 15.4. The molecule has 1 atom stereocenters.